The first-order chi connectivity index (χ1) is 14.1. The molecule has 29 heavy (non-hydrogen) atoms. The summed E-state index contributed by atoms with van der Waals surface area (Å²) in [5.41, 5.74) is 3.53. The van der Waals surface area contributed by atoms with Gasteiger partial charge in [0.25, 0.3) is 15.9 Å². The van der Waals surface area contributed by atoms with Crippen LogP contribution >= 0.6 is 0 Å². The average molecular weight is 403 g/mol. The number of fused-ring (bicyclic) bond motifs is 1. The summed E-state index contributed by atoms with van der Waals surface area (Å²) in [6.45, 7) is 0. The summed E-state index contributed by atoms with van der Waals surface area (Å²) in [4.78, 5) is 17.0. The number of amides is 1. The summed E-state index contributed by atoms with van der Waals surface area (Å²) < 4.78 is 28.1. The minimum Gasteiger partial charge on any atom is -0.267 e. The quantitative estimate of drug-likeness (QED) is 0.515. The average Bonchev–Trinajstić information content (AvgIpc) is 2.78. The predicted molar refractivity (Wildman–Crippen MR) is 112 cm³/mol. The Morgan fingerprint density at radius 3 is 2.17 bits per heavy atom. The molecule has 0 aliphatic rings. The normalized spacial score (nSPS) is 11.2. The second kappa shape index (κ2) is 7.73. The summed E-state index contributed by atoms with van der Waals surface area (Å²) >= 11 is 0. The Hall–Kier alpha value is -3.71. The lowest BCUT2D eigenvalue weighted by atomic mass is 10.2. The Bertz CT molecular complexity index is 1250. The first-order valence-corrected chi connectivity index (χ1v) is 10.3. The summed E-state index contributed by atoms with van der Waals surface area (Å²) in [6, 6.07) is 25.3. The van der Waals surface area contributed by atoms with Gasteiger partial charge in [0, 0.05) is 17.1 Å². The van der Waals surface area contributed by atoms with Gasteiger partial charge in [-0.15, -0.1) is 0 Å². The maximum absolute atomic E-state index is 13.6. The Labute approximate surface area is 168 Å². The highest BCUT2D eigenvalue weighted by Gasteiger charge is 2.29. The zero-order valence-corrected chi connectivity index (χ0v) is 16.1. The Kier molecular flexibility index (Phi) is 4.97. The third-order valence-corrected chi connectivity index (χ3v) is 6.01. The van der Waals surface area contributed by atoms with E-state index < -0.39 is 15.9 Å². The van der Waals surface area contributed by atoms with Crippen LogP contribution in [0.15, 0.2) is 102 Å². The SMILES string of the molecule is O=C(NN(c1ccccc1)S(=O)(=O)c1cccc2cccnc12)c1ccccc1. The highest BCUT2D eigenvalue weighted by molar-refractivity contribution is 7.93. The van der Waals surface area contributed by atoms with Crippen LogP contribution in [-0.4, -0.2) is 19.3 Å². The van der Waals surface area contributed by atoms with Gasteiger partial charge in [0.2, 0.25) is 0 Å². The van der Waals surface area contributed by atoms with E-state index in [9.17, 15) is 13.2 Å². The van der Waals surface area contributed by atoms with Gasteiger partial charge in [-0.25, -0.2) is 5.43 Å². The maximum atomic E-state index is 13.6. The molecule has 1 aromatic heterocycles. The van der Waals surface area contributed by atoms with Crippen molar-refractivity contribution >= 4 is 32.5 Å². The van der Waals surface area contributed by atoms with Crippen molar-refractivity contribution in [3.05, 3.63) is 103 Å². The minimum atomic E-state index is -4.14. The van der Waals surface area contributed by atoms with Crippen LogP contribution in [0.2, 0.25) is 0 Å². The highest BCUT2D eigenvalue weighted by atomic mass is 32.2. The number of aromatic nitrogens is 1. The van der Waals surface area contributed by atoms with Crippen LogP contribution < -0.4 is 9.84 Å². The molecule has 0 aliphatic carbocycles. The van der Waals surface area contributed by atoms with Gasteiger partial charge in [-0.1, -0.05) is 54.6 Å². The first-order valence-electron chi connectivity index (χ1n) is 8.87. The number of rotatable bonds is 5. The molecule has 7 heteroatoms. The van der Waals surface area contributed by atoms with Crippen molar-refractivity contribution in [2.24, 2.45) is 0 Å². The molecule has 4 rings (SSSR count). The topological polar surface area (TPSA) is 79.4 Å². The minimum absolute atomic E-state index is 0.00724. The lowest BCUT2D eigenvalue weighted by molar-refractivity contribution is 0.0955. The number of pyridine rings is 1. The van der Waals surface area contributed by atoms with E-state index in [2.05, 4.69) is 10.4 Å². The van der Waals surface area contributed by atoms with Crippen molar-refractivity contribution in [3.8, 4) is 0 Å². The third-order valence-electron chi connectivity index (χ3n) is 4.34. The highest BCUT2D eigenvalue weighted by Crippen LogP contribution is 2.27. The number of para-hydroxylation sites is 2. The Balaban J connectivity index is 1.83. The molecule has 0 atom stereocenters. The maximum Gasteiger partial charge on any atom is 0.284 e. The number of carbonyl (C=O) groups excluding carboxylic acids is 1. The van der Waals surface area contributed by atoms with Crippen molar-refractivity contribution in [3.63, 3.8) is 0 Å². The molecule has 0 unspecified atom stereocenters. The van der Waals surface area contributed by atoms with Crippen LogP contribution in [0.5, 0.6) is 0 Å². The van der Waals surface area contributed by atoms with E-state index in [0.717, 1.165) is 4.41 Å². The molecule has 0 saturated carbocycles. The van der Waals surface area contributed by atoms with Crippen LogP contribution in [0.4, 0.5) is 5.69 Å². The van der Waals surface area contributed by atoms with E-state index in [0.29, 0.717) is 22.2 Å². The number of hydrogen-bond acceptors (Lipinski definition) is 4. The zero-order chi connectivity index (χ0) is 20.3. The number of carbonyl (C=O) groups is 1. The Morgan fingerprint density at radius 2 is 1.45 bits per heavy atom. The smallest absolute Gasteiger partial charge is 0.267 e. The van der Waals surface area contributed by atoms with E-state index in [1.54, 1.807) is 84.9 Å². The molecule has 144 valence electrons. The summed E-state index contributed by atoms with van der Waals surface area (Å²) in [7, 11) is -4.14. The van der Waals surface area contributed by atoms with Crippen LogP contribution in [0.25, 0.3) is 10.9 Å². The fourth-order valence-corrected chi connectivity index (χ4v) is 4.42. The fourth-order valence-electron chi connectivity index (χ4n) is 2.96. The molecule has 1 N–H and O–H groups in total. The number of nitrogens with zero attached hydrogens (tertiary/aromatic N) is 2. The molecule has 0 bridgehead atoms. The van der Waals surface area contributed by atoms with Crippen LogP contribution in [0.3, 0.4) is 0 Å². The second-order valence-electron chi connectivity index (χ2n) is 6.24. The molecule has 1 amide bonds. The number of benzene rings is 3. The van der Waals surface area contributed by atoms with Crippen molar-refractivity contribution in [2.75, 3.05) is 4.41 Å². The summed E-state index contributed by atoms with van der Waals surface area (Å²) in [5.74, 6) is -0.536. The second-order valence-corrected chi connectivity index (χ2v) is 8.00. The molecule has 1 heterocycles. The van der Waals surface area contributed by atoms with Gasteiger partial charge in [0.15, 0.2) is 0 Å². The lowest BCUT2D eigenvalue weighted by Gasteiger charge is -2.25. The van der Waals surface area contributed by atoms with Crippen molar-refractivity contribution in [2.45, 2.75) is 4.90 Å². The van der Waals surface area contributed by atoms with E-state index in [1.165, 1.54) is 12.3 Å². The van der Waals surface area contributed by atoms with Gasteiger partial charge in [0.1, 0.15) is 4.90 Å². The van der Waals surface area contributed by atoms with E-state index in [1.807, 2.05) is 0 Å². The largest absolute Gasteiger partial charge is 0.284 e. The van der Waals surface area contributed by atoms with Gasteiger partial charge >= 0.3 is 0 Å². The number of hydrogen-bond donors (Lipinski definition) is 1. The number of sulfonamides is 1. The monoisotopic (exact) mass is 403 g/mol. The molecule has 0 fully saturated rings. The molecular formula is C22H17N3O3S. The number of anilines is 1. The fraction of sp³-hybridized carbons (Fsp3) is 0. The van der Waals surface area contributed by atoms with Gasteiger partial charge in [0.05, 0.1) is 11.2 Å². The molecule has 6 nitrogen and oxygen atoms in total. The molecule has 0 spiro atoms. The van der Waals surface area contributed by atoms with Gasteiger partial charge < -0.3 is 0 Å². The predicted octanol–water partition coefficient (Wildman–Crippen LogP) is 3.78. The first kappa shape index (κ1) is 18.6. The van der Waals surface area contributed by atoms with Crippen molar-refractivity contribution < 1.29 is 13.2 Å². The van der Waals surface area contributed by atoms with Crippen LogP contribution in [0.1, 0.15) is 10.4 Å². The molecule has 0 radical (unpaired) electrons. The zero-order valence-electron chi connectivity index (χ0n) is 15.3. The summed E-state index contributed by atoms with van der Waals surface area (Å²) in [5, 5.41) is 0.691. The van der Waals surface area contributed by atoms with Gasteiger partial charge in [-0.2, -0.15) is 12.8 Å². The number of hydrazine groups is 1. The van der Waals surface area contributed by atoms with Gasteiger partial charge in [-0.05, 0) is 36.4 Å². The van der Waals surface area contributed by atoms with E-state index in [-0.39, 0.29) is 4.90 Å². The van der Waals surface area contributed by atoms with Crippen LogP contribution in [0, 0.1) is 0 Å². The molecule has 0 saturated heterocycles. The van der Waals surface area contributed by atoms with Crippen molar-refractivity contribution in [1.29, 1.82) is 0 Å². The van der Waals surface area contributed by atoms with E-state index in [4.69, 9.17) is 0 Å². The molecule has 4 aromatic rings. The Morgan fingerprint density at radius 1 is 0.793 bits per heavy atom. The molecular weight excluding hydrogens is 386 g/mol. The standard InChI is InChI=1S/C22H17N3O3S/c26-22(18-9-3-1-4-10-18)24-25(19-13-5-2-6-14-19)29(27,28)20-15-7-11-17-12-8-16-23-21(17)20/h1-16H,(H,24,26). The summed E-state index contributed by atoms with van der Waals surface area (Å²) in [6.07, 6.45) is 1.54. The number of nitrogens with one attached hydrogen (secondary N) is 1. The van der Waals surface area contributed by atoms with Crippen LogP contribution in [-0.2, 0) is 10.0 Å². The van der Waals surface area contributed by atoms with Gasteiger partial charge in [-0.3, -0.25) is 9.78 Å². The third kappa shape index (κ3) is 3.68. The molecule has 0 aliphatic heterocycles. The lowest BCUT2D eigenvalue weighted by Crippen LogP contribution is -2.46. The van der Waals surface area contributed by atoms with E-state index >= 15 is 0 Å². The molecule has 3 aromatic carbocycles. The van der Waals surface area contributed by atoms with Crippen molar-refractivity contribution in [1.82, 2.24) is 10.4 Å².